The van der Waals surface area contributed by atoms with Gasteiger partial charge in [0.25, 0.3) is 10.0 Å². The van der Waals surface area contributed by atoms with E-state index in [0.29, 0.717) is 10.8 Å². The van der Waals surface area contributed by atoms with E-state index in [2.05, 4.69) is 20.3 Å². The number of sulfonamides is 1. The van der Waals surface area contributed by atoms with E-state index in [4.69, 9.17) is 0 Å². The summed E-state index contributed by atoms with van der Waals surface area (Å²) >= 11 is 1.20. The third-order valence-corrected chi connectivity index (χ3v) is 5.85. The number of thiazole rings is 1. The lowest BCUT2D eigenvalue weighted by Crippen LogP contribution is -2.43. The molecule has 2 heterocycles. The zero-order chi connectivity index (χ0) is 17.0. The number of aromatic nitrogens is 1. The number of piperidine rings is 1. The zero-order valence-electron chi connectivity index (χ0n) is 12.9. The molecule has 3 N–H and O–H groups in total. The summed E-state index contributed by atoms with van der Waals surface area (Å²) in [7, 11) is -3.74. The first kappa shape index (κ1) is 16.9. The summed E-state index contributed by atoms with van der Waals surface area (Å²) in [5, 5.41) is 7.93. The molecule has 0 saturated carbocycles. The molecule has 2 aromatic rings. The van der Waals surface area contributed by atoms with Crippen LogP contribution in [0.2, 0.25) is 0 Å². The van der Waals surface area contributed by atoms with Gasteiger partial charge in [0.05, 0.1) is 10.9 Å². The molecule has 24 heavy (non-hydrogen) atoms. The summed E-state index contributed by atoms with van der Waals surface area (Å²) in [6.07, 6.45) is 4.39. The number of amides is 1. The van der Waals surface area contributed by atoms with Gasteiger partial charge in [-0.15, -0.1) is 11.3 Å². The quantitative estimate of drug-likeness (QED) is 0.752. The fourth-order valence-electron chi connectivity index (χ4n) is 2.49. The second-order valence-corrected chi connectivity index (χ2v) is 8.04. The number of carbonyl (C=O) groups is 1. The Morgan fingerprint density at radius 1 is 1.33 bits per heavy atom. The molecular weight excluding hydrogens is 348 g/mol. The highest BCUT2D eigenvalue weighted by Gasteiger charge is 2.21. The van der Waals surface area contributed by atoms with Crippen molar-refractivity contribution in [1.29, 1.82) is 0 Å². The third kappa shape index (κ3) is 4.11. The van der Waals surface area contributed by atoms with Crippen LogP contribution < -0.4 is 15.4 Å². The van der Waals surface area contributed by atoms with Crippen molar-refractivity contribution in [2.24, 2.45) is 0 Å². The highest BCUT2D eigenvalue weighted by atomic mass is 32.2. The SMILES string of the molecule is O=C(Nc1cccc(S(=O)(=O)Nc2nccs2)c1)C1CCCCN1. The Hall–Kier alpha value is -1.97. The number of hydrogen-bond acceptors (Lipinski definition) is 6. The van der Waals surface area contributed by atoms with Crippen LogP contribution in [0.25, 0.3) is 0 Å². The van der Waals surface area contributed by atoms with Crippen molar-refractivity contribution in [3.05, 3.63) is 35.8 Å². The third-order valence-electron chi connectivity index (χ3n) is 3.69. The van der Waals surface area contributed by atoms with E-state index >= 15 is 0 Å². The van der Waals surface area contributed by atoms with Crippen molar-refractivity contribution in [2.75, 3.05) is 16.6 Å². The lowest BCUT2D eigenvalue weighted by atomic mass is 10.0. The number of hydrogen-bond donors (Lipinski definition) is 3. The molecule has 3 rings (SSSR count). The molecule has 1 unspecified atom stereocenters. The van der Waals surface area contributed by atoms with Gasteiger partial charge in [-0.1, -0.05) is 12.5 Å². The maximum Gasteiger partial charge on any atom is 0.263 e. The van der Waals surface area contributed by atoms with Gasteiger partial charge in [-0.05, 0) is 37.6 Å². The molecule has 0 aliphatic carbocycles. The van der Waals surface area contributed by atoms with Gasteiger partial charge >= 0.3 is 0 Å². The summed E-state index contributed by atoms with van der Waals surface area (Å²) in [5.74, 6) is -0.142. The average molecular weight is 366 g/mol. The molecule has 1 aliphatic rings. The Morgan fingerprint density at radius 2 is 2.21 bits per heavy atom. The molecule has 1 aliphatic heterocycles. The molecule has 9 heteroatoms. The first-order chi connectivity index (χ1) is 11.5. The monoisotopic (exact) mass is 366 g/mol. The molecule has 1 aromatic heterocycles. The van der Waals surface area contributed by atoms with Crippen LogP contribution >= 0.6 is 11.3 Å². The van der Waals surface area contributed by atoms with Gasteiger partial charge < -0.3 is 10.6 Å². The van der Waals surface area contributed by atoms with Gasteiger partial charge in [0.2, 0.25) is 5.91 Å². The van der Waals surface area contributed by atoms with Crippen LogP contribution in [0.3, 0.4) is 0 Å². The van der Waals surface area contributed by atoms with Crippen LogP contribution in [0.5, 0.6) is 0 Å². The Kier molecular flexibility index (Phi) is 5.12. The van der Waals surface area contributed by atoms with Crippen molar-refractivity contribution in [3.63, 3.8) is 0 Å². The molecular formula is C15H18N4O3S2. The second-order valence-electron chi connectivity index (χ2n) is 5.46. The lowest BCUT2D eigenvalue weighted by molar-refractivity contribution is -0.118. The summed E-state index contributed by atoms with van der Waals surface area (Å²) < 4.78 is 27.2. The minimum absolute atomic E-state index is 0.0760. The largest absolute Gasteiger partial charge is 0.325 e. The fraction of sp³-hybridized carbons (Fsp3) is 0.333. The van der Waals surface area contributed by atoms with Crippen molar-refractivity contribution in [2.45, 2.75) is 30.2 Å². The van der Waals surface area contributed by atoms with Crippen LogP contribution in [0.15, 0.2) is 40.7 Å². The maximum absolute atomic E-state index is 12.4. The number of benzene rings is 1. The molecule has 1 atom stereocenters. The van der Waals surface area contributed by atoms with Crippen LogP contribution in [0, 0.1) is 0 Å². The fourth-order valence-corrected chi connectivity index (χ4v) is 4.33. The predicted molar refractivity (Wildman–Crippen MR) is 93.6 cm³/mol. The van der Waals surface area contributed by atoms with E-state index < -0.39 is 10.0 Å². The topological polar surface area (TPSA) is 100 Å². The second kappa shape index (κ2) is 7.29. The first-order valence-electron chi connectivity index (χ1n) is 7.61. The van der Waals surface area contributed by atoms with Crippen molar-refractivity contribution >= 4 is 38.1 Å². The number of nitrogens with one attached hydrogen (secondary N) is 3. The zero-order valence-corrected chi connectivity index (χ0v) is 14.5. The molecule has 1 amide bonds. The highest BCUT2D eigenvalue weighted by Crippen LogP contribution is 2.21. The van der Waals surface area contributed by atoms with E-state index in [0.717, 1.165) is 25.8 Å². The molecule has 1 fully saturated rings. The number of nitrogens with zero attached hydrogens (tertiary/aromatic N) is 1. The minimum atomic E-state index is -3.74. The van der Waals surface area contributed by atoms with Gasteiger partial charge in [-0.25, -0.2) is 13.4 Å². The summed E-state index contributed by atoms with van der Waals surface area (Å²) in [6, 6.07) is 5.96. The van der Waals surface area contributed by atoms with E-state index in [1.165, 1.54) is 29.7 Å². The number of rotatable bonds is 5. The van der Waals surface area contributed by atoms with Gasteiger partial charge in [-0.2, -0.15) is 0 Å². The van der Waals surface area contributed by atoms with Gasteiger partial charge in [0.15, 0.2) is 5.13 Å². The standard InChI is InChI=1S/C15H18N4O3S2/c20-14(13-6-1-2-7-16-13)18-11-4-3-5-12(10-11)24(21,22)19-15-17-8-9-23-15/h3-5,8-10,13,16H,1-2,6-7H2,(H,17,19)(H,18,20). The van der Waals surface area contributed by atoms with E-state index in [1.807, 2.05) is 0 Å². The van der Waals surface area contributed by atoms with Gasteiger partial charge in [0.1, 0.15) is 0 Å². The number of anilines is 2. The van der Waals surface area contributed by atoms with Crippen LogP contribution in [0.4, 0.5) is 10.8 Å². The van der Waals surface area contributed by atoms with Crippen molar-refractivity contribution in [1.82, 2.24) is 10.3 Å². The molecule has 128 valence electrons. The van der Waals surface area contributed by atoms with Gasteiger partial charge in [-0.3, -0.25) is 9.52 Å². The minimum Gasteiger partial charge on any atom is -0.325 e. The summed E-state index contributed by atoms with van der Waals surface area (Å²) in [5.41, 5.74) is 0.453. The Morgan fingerprint density at radius 3 is 2.92 bits per heavy atom. The van der Waals surface area contributed by atoms with Gasteiger partial charge in [0, 0.05) is 17.3 Å². The van der Waals surface area contributed by atoms with E-state index in [9.17, 15) is 13.2 Å². The maximum atomic E-state index is 12.4. The van der Waals surface area contributed by atoms with E-state index in [1.54, 1.807) is 17.5 Å². The highest BCUT2D eigenvalue weighted by molar-refractivity contribution is 7.93. The van der Waals surface area contributed by atoms with E-state index in [-0.39, 0.29) is 16.8 Å². The van der Waals surface area contributed by atoms with Crippen molar-refractivity contribution in [3.8, 4) is 0 Å². The Bertz CT molecular complexity index is 800. The molecule has 0 bridgehead atoms. The smallest absolute Gasteiger partial charge is 0.263 e. The van der Waals surface area contributed by atoms with Crippen LogP contribution in [-0.2, 0) is 14.8 Å². The Labute approximate surface area is 144 Å². The molecule has 1 saturated heterocycles. The molecule has 0 radical (unpaired) electrons. The summed E-state index contributed by atoms with van der Waals surface area (Å²) in [6.45, 7) is 0.824. The van der Waals surface area contributed by atoms with Crippen molar-refractivity contribution < 1.29 is 13.2 Å². The van der Waals surface area contributed by atoms with Crippen LogP contribution in [-0.4, -0.2) is 31.9 Å². The molecule has 0 spiro atoms. The first-order valence-corrected chi connectivity index (χ1v) is 9.97. The lowest BCUT2D eigenvalue weighted by Gasteiger charge is -2.22. The molecule has 1 aromatic carbocycles. The molecule has 7 nitrogen and oxygen atoms in total. The number of carbonyl (C=O) groups excluding carboxylic acids is 1. The Balaban J connectivity index is 1.72. The normalized spacial score (nSPS) is 18.1. The predicted octanol–water partition coefficient (Wildman–Crippen LogP) is 2.02. The van der Waals surface area contributed by atoms with Crippen LogP contribution in [0.1, 0.15) is 19.3 Å². The summed E-state index contributed by atoms with van der Waals surface area (Å²) in [4.78, 5) is 16.2. The average Bonchev–Trinajstić information content (AvgIpc) is 3.08.